The van der Waals surface area contributed by atoms with Crippen molar-refractivity contribution in [3.63, 3.8) is 0 Å². The summed E-state index contributed by atoms with van der Waals surface area (Å²) in [6.07, 6.45) is 21.1. The van der Waals surface area contributed by atoms with Crippen LogP contribution in [0.5, 0.6) is 11.8 Å². The van der Waals surface area contributed by atoms with Crippen molar-refractivity contribution in [3.05, 3.63) is 6.33 Å². The van der Waals surface area contributed by atoms with Gasteiger partial charge in [0.05, 0.1) is 0 Å². The topological polar surface area (TPSA) is 27.3 Å². The van der Waals surface area contributed by atoms with Gasteiger partial charge in [-0.25, -0.2) is 0 Å². The second kappa shape index (κ2) is 6.21. The Morgan fingerprint density at radius 3 is 2.00 bits per heavy atom. The Hall–Kier alpha value is -1.19. The number of hydrogen-bond donors (Lipinski definition) is 0. The highest BCUT2D eigenvalue weighted by Gasteiger charge is 2.55. The molecule has 0 amide bonds. The van der Waals surface area contributed by atoms with Crippen LogP contribution in [0.3, 0.4) is 0 Å². The van der Waals surface area contributed by atoms with Gasteiger partial charge in [0, 0.05) is 0 Å². The Kier molecular flexibility index (Phi) is 3.98. The smallest absolute Gasteiger partial charge is 0.373 e. The van der Waals surface area contributed by atoms with Crippen LogP contribution in [-0.2, 0) is 11.1 Å². The molecular weight excluding hydrogens is 312 g/mol. The third-order valence-electron chi connectivity index (χ3n) is 7.40. The molecule has 0 bridgehead atoms. The number of hydrogen-bond acceptors (Lipinski definition) is 2. The molecule has 25 heavy (non-hydrogen) atoms. The van der Waals surface area contributed by atoms with Crippen molar-refractivity contribution in [2.24, 2.45) is 0 Å². The minimum atomic E-state index is 0.194. The van der Waals surface area contributed by atoms with Crippen molar-refractivity contribution in [3.8, 4) is 11.8 Å². The average molecular weight is 346 g/mol. The molecule has 1 aromatic heterocycles. The van der Waals surface area contributed by atoms with Gasteiger partial charge in [-0.1, -0.05) is 38.5 Å². The second-order valence-corrected chi connectivity index (χ2v) is 9.03. The van der Waals surface area contributed by atoms with E-state index in [1.54, 1.807) is 0 Å². The van der Waals surface area contributed by atoms with Gasteiger partial charge in [-0.15, -0.1) is 0 Å². The minimum absolute atomic E-state index is 0.194. The summed E-state index contributed by atoms with van der Waals surface area (Å²) in [4.78, 5) is 0. The van der Waals surface area contributed by atoms with Crippen LogP contribution in [0.2, 0.25) is 0 Å². The zero-order chi connectivity index (χ0) is 16.7. The van der Waals surface area contributed by atoms with E-state index >= 15 is 0 Å². The molecule has 5 rings (SSSR count). The Labute approximate surface area is 151 Å². The Morgan fingerprint density at radius 1 is 0.720 bits per heavy atom. The molecular formula is C21H33N2O2+. The molecule has 2 aliphatic heterocycles. The molecule has 4 nitrogen and oxygen atoms in total. The number of fused-ring (bicyclic) bond motifs is 5. The first kappa shape index (κ1) is 16.0. The average Bonchev–Trinajstić information content (AvgIpc) is 3.19. The maximum absolute atomic E-state index is 6.28. The van der Waals surface area contributed by atoms with Crippen LogP contribution in [0.1, 0.15) is 89.9 Å². The maximum atomic E-state index is 6.28. The van der Waals surface area contributed by atoms with Crippen molar-refractivity contribution >= 4 is 0 Å². The molecule has 2 saturated carbocycles. The zero-order valence-electron chi connectivity index (χ0n) is 15.6. The van der Waals surface area contributed by atoms with E-state index in [0.717, 1.165) is 25.0 Å². The van der Waals surface area contributed by atoms with Crippen molar-refractivity contribution < 1.29 is 14.0 Å². The van der Waals surface area contributed by atoms with E-state index < -0.39 is 0 Å². The molecule has 1 aromatic rings. The van der Waals surface area contributed by atoms with Gasteiger partial charge < -0.3 is 9.47 Å². The van der Waals surface area contributed by atoms with Gasteiger partial charge in [0.2, 0.25) is 0 Å². The van der Waals surface area contributed by atoms with Gasteiger partial charge in [0.25, 0.3) is 6.33 Å². The normalized spacial score (nSPS) is 27.5. The second-order valence-electron chi connectivity index (χ2n) is 9.03. The summed E-state index contributed by atoms with van der Waals surface area (Å²) < 4.78 is 17.5. The molecule has 0 aromatic carbocycles. The SMILES string of the molecule is c1n2c(c3[n+]1C1(CCCCCCC1)CO3)OCC21CCCCCCC1. The highest BCUT2D eigenvalue weighted by atomic mass is 16.5. The van der Waals surface area contributed by atoms with Crippen LogP contribution in [0.25, 0.3) is 0 Å². The predicted molar refractivity (Wildman–Crippen MR) is 96.2 cm³/mol. The fourth-order valence-electron chi connectivity index (χ4n) is 5.81. The highest BCUT2D eigenvalue weighted by molar-refractivity contribution is 5.29. The number of rotatable bonds is 0. The van der Waals surface area contributed by atoms with Crippen LogP contribution in [0.4, 0.5) is 0 Å². The van der Waals surface area contributed by atoms with E-state index in [9.17, 15) is 0 Å². The first-order valence-electron chi connectivity index (χ1n) is 10.8. The van der Waals surface area contributed by atoms with Crippen LogP contribution in [0, 0.1) is 0 Å². The molecule has 0 atom stereocenters. The first-order valence-corrected chi connectivity index (χ1v) is 10.8. The molecule has 2 fully saturated rings. The molecule has 0 unspecified atom stereocenters. The van der Waals surface area contributed by atoms with Crippen LogP contribution >= 0.6 is 0 Å². The summed E-state index contributed by atoms with van der Waals surface area (Å²) in [5, 5.41) is 0. The molecule has 0 radical (unpaired) electrons. The largest absolute Gasteiger partial charge is 0.452 e. The summed E-state index contributed by atoms with van der Waals surface area (Å²) >= 11 is 0. The Morgan fingerprint density at radius 2 is 1.32 bits per heavy atom. The van der Waals surface area contributed by atoms with Gasteiger partial charge in [0.1, 0.15) is 24.3 Å². The van der Waals surface area contributed by atoms with Crippen LogP contribution in [0.15, 0.2) is 6.33 Å². The lowest BCUT2D eigenvalue weighted by molar-refractivity contribution is -0.748. The van der Waals surface area contributed by atoms with E-state index in [-0.39, 0.29) is 11.1 Å². The van der Waals surface area contributed by atoms with Crippen molar-refractivity contribution in [1.29, 1.82) is 0 Å². The zero-order valence-corrected chi connectivity index (χ0v) is 15.6. The molecule has 3 heterocycles. The molecule has 0 N–H and O–H groups in total. The predicted octanol–water partition coefficient (Wildman–Crippen LogP) is 4.44. The molecule has 2 aliphatic carbocycles. The Bertz CT molecular complexity index is 568. The molecule has 4 aliphatic rings. The van der Waals surface area contributed by atoms with E-state index in [2.05, 4.69) is 15.5 Å². The third kappa shape index (κ3) is 2.50. The van der Waals surface area contributed by atoms with Crippen molar-refractivity contribution in [2.45, 2.75) is 101 Å². The number of ether oxygens (including phenoxy) is 2. The van der Waals surface area contributed by atoms with Crippen LogP contribution < -0.4 is 14.0 Å². The highest BCUT2D eigenvalue weighted by Crippen LogP contribution is 2.47. The molecule has 0 saturated heterocycles. The fraction of sp³-hybridized carbons (Fsp3) is 0.857. The number of nitrogens with zero attached hydrogens (tertiary/aromatic N) is 2. The van der Waals surface area contributed by atoms with E-state index in [1.165, 1.54) is 89.9 Å². The summed E-state index contributed by atoms with van der Waals surface area (Å²) in [6.45, 7) is 1.71. The fourth-order valence-corrected chi connectivity index (χ4v) is 5.81. The van der Waals surface area contributed by atoms with Gasteiger partial charge in [-0.3, -0.25) is 0 Å². The standard InChI is InChI=1S/C21H33N2O2/c1-3-7-11-20(12-8-4-1)15-24-18-19-23(17-22(18)20)21(16-25-19)13-9-5-2-6-10-14-21/h17H,1-16H2/q+1. The summed E-state index contributed by atoms with van der Waals surface area (Å²) in [6, 6.07) is 0. The molecule has 138 valence electrons. The van der Waals surface area contributed by atoms with Gasteiger partial charge in [0.15, 0.2) is 0 Å². The van der Waals surface area contributed by atoms with Crippen LogP contribution in [-0.4, -0.2) is 17.8 Å². The summed E-state index contributed by atoms with van der Waals surface area (Å²) in [7, 11) is 0. The monoisotopic (exact) mass is 345 g/mol. The maximum Gasteiger partial charge on any atom is 0.373 e. The van der Waals surface area contributed by atoms with Gasteiger partial charge in [-0.05, 0) is 51.4 Å². The quantitative estimate of drug-likeness (QED) is 0.650. The van der Waals surface area contributed by atoms with E-state index in [0.29, 0.717) is 0 Å². The van der Waals surface area contributed by atoms with Gasteiger partial charge >= 0.3 is 11.8 Å². The van der Waals surface area contributed by atoms with Gasteiger partial charge in [-0.2, -0.15) is 9.13 Å². The summed E-state index contributed by atoms with van der Waals surface area (Å²) in [5.74, 6) is 2.05. The Balaban J connectivity index is 1.50. The summed E-state index contributed by atoms with van der Waals surface area (Å²) in [5.41, 5.74) is 0.387. The number of aromatic nitrogens is 2. The first-order chi connectivity index (χ1) is 12.3. The van der Waals surface area contributed by atoms with E-state index in [1.807, 2.05) is 0 Å². The number of imidazole rings is 1. The lowest BCUT2D eigenvalue weighted by atomic mass is 9.84. The third-order valence-corrected chi connectivity index (χ3v) is 7.40. The lowest BCUT2D eigenvalue weighted by Gasteiger charge is -2.28. The molecule has 2 spiro atoms. The minimum Gasteiger partial charge on any atom is -0.452 e. The van der Waals surface area contributed by atoms with Crippen molar-refractivity contribution in [1.82, 2.24) is 4.57 Å². The molecule has 4 heteroatoms. The van der Waals surface area contributed by atoms with E-state index in [4.69, 9.17) is 9.47 Å². The lowest BCUT2D eigenvalue weighted by Crippen LogP contribution is -2.54. The van der Waals surface area contributed by atoms with Crippen molar-refractivity contribution in [2.75, 3.05) is 13.2 Å².